The van der Waals surface area contributed by atoms with Crippen molar-refractivity contribution in [3.05, 3.63) is 89.1 Å². The molecule has 0 aliphatic carbocycles. The number of aryl methyl sites for hydroxylation is 2. The minimum absolute atomic E-state index is 0.198. The minimum Gasteiger partial charge on any atom is -0.508 e. The Morgan fingerprint density at radius 2 is 1.69 bits per heavy atom. The first-order chi connectivity index (χ1) is 14.0. The van der Waals surface area contributed by atoms with Crippen LogP contribution in [0.1, 0.15) is 27.2 Å². The third kappa shape index (κ3) is 3.86. The highest BCUT2D eigenvalue weighted by Gasteiger charge is 2.19. The normalized spacial score (nSPS) is 11.0. The smallest absolute Gasteiger partial charge is 0.282 e. The quantitative estimate of drug-likeness (QED) is 0.380. The molecule has 4 rings (SSSR count). The molecule has 0 saturated heterocycles. The number of H-pyrrole nitrogens is 1. The number of aromatic nitrogens is 1. The molecule has 0 saturated carbocycles. The summed E-state index contributed by atoms with van der Waals surface area (Å²) in [5.41, 5.74) is 11.8. The maximum absolute atomic E-state index is 13.0. The summed E-state index contributed by atoms with van der Waals surface area (Å²) in [4.78, 5) is 16.2. The van der Waals surface area contributed by atoms with E-state index in [1.807, 2.05) is 68.4 Å². The van der Waals surface area contributed by atoms with Gasteiger partial charge < -0.3 is 10.1 Å². The molecule has 0 radical (unpaired) electrons. The van der Waals surface area contributed by atoms with Gasteiger partial charge in [0.05, 0.1) is 0 Å². The van der Waals surface area contributed by atoms with E-state index in [9.17, 15) is 9.90 Å². The fourth-order valence-corrected chi connectivity index (χ4v) is 3.52. The van der Waals surface area contributed by atoms with Gasteiger partial charge >= 0.3 is 0 Å². The van der Waals surface area contributed by atoms with Gasteiger partial charge in [-0.1, -0.05) is 59.7 Å². The summed E-state index contributed by atoms with van der Waals surface area (Å²) in [6, 6.07) is 21.4. The molecule has 1 heterocycles. The first-order valence-electron chi connectivity index (χ1n) is 9.52. The van der Waals surface area contributed by atoms with Crippen molar-refractivity contribution in [1.29, 1.82) is 0 Å². The lowest BCUT2D eigenvalue weighted by Crippen LogP contribution is -2.37. The summed E-state index contributed by atoms with van der Waals surface area (Å²) in [5, 5.41) is 11.0. The SMILES string of the molecule is Cc1ccc(O)c(CNNC(=O)c2[nH]c3ccc(C)cc3c2-c2ccccc2)c1. The van der Waals surface area contributed by atoms with E-state index in [0.29, 0.717) is 12.2 Å². The van der Waals surface area contributed by atoms with Crippen LogP contribution in [0.4, 0.5) is 0 Å². The number of benzene rings is 3. The van der Waals surface area contributed by atoms with Crippen LogP contribution in [0.3, 0.4) is 0 Å². The zero-order chi connectivity index (χ0) is 20.4. The van der Waals surface area contributed by atoms with Gasteiger partial charge in [-0.2, -0.15) is 0 Å². The lowest BCUT2D eigenvalue weighted by molar-refractivity contribution is 0.0928. The van der Waals surface area contributed by atoms with E-state index in [2.05, 4.69) is 21.9 Å². The molecule has 29 heavy (non-hydrogen) atoms. The molecular weight excluding hydrogens is 362 g/mol. The zero-order valence-electron chi connectivity index (χ0n) is 16.4. The minimum atomic E-state index is -0.259. The number of hydrazine groups is 1. The van der Waals surface area contributed by atoms with Crippen molar-refractivity contribution in [1.82, 2.24) is 15.8 Å². The number of amides is 1. The van der Waals surface area contributed by atoms with Gasteiger partial charge in [-0.15, -0.1) is 0 Å². The van der Waals surface area contributed by atoms with E-state index in [4.69, 9.17) is 0 Å². The molecular formula is C24H23N3O2. The molecule has 0 fully saturated rings. The van der Waals surface area contributed by atoms with Gasteiger partial charge in [0, 0.05) is 28.6 Å². The van der Waals surface area contributed by atoms with Gasteiger partial charge in [-0.05, 0) is 37.6 Å². The van der Waals surface area contributed by atoms with E-state index < -0.39 is 0 Å². The molecule has 5 nitrogen and oxygen atoms in total. The second-order valence-corrected chi connectivity index (χ2v) is 7.23. The van der Waals surface area contributed by atoms with Gasteiger partial charge in [-0.3, -0.25) is 10.2 Å². The molecule has 1 amide bonds. The van der Waals surface area contributed by atoms with Crippen LogP contribution in [-0.4, -0.2) is 16.0 Å². The van der Waals surface area contributed by atoms with Gasteiger partial charge in [0.2, 0.25) is 0 Å². The molecule has 0 unspecified atom stereocenters. The summed E-state index contributed by atoms with van der Waals surface area (Å²) in [6.45, 7) is 4.32. The first-order valence-corrected chi connectivity index (χ1v) is 9.52. The number of phenolic OH excluding ortho intramolecular Hbond substituents is 1. The van der Waals surface area contributed by atoms with Crippen LogP contribution < -0.4 is 10.9 Å². The molecule has 5 heteroatoms. The Kier molecular flexibility index (Phi) is 5.06. The van der Waals surface area contributed by atoms with Crippen molar-refractivity contribution >= 4 is 16.8 Å². The van der Waals surface area contributed by atoms with Crippen molar-refractivity contribution in [3.8, 4) is 16.9 Å². The zero-order valence-corrected chi connectivity index (χ0v) is 16.4. The van der Waals surface area contributed by atoms with Crippen LogP contribution in [0.25, 0.3) is 22.0 Å². The summed E-state index contributed by atoms with van der Waals surface area (Å²) in [7, 11) is 0. The molecule has 146 valence electrons. The summed E-state index contributed by atoms with van der Waals surface area (Å²) in [6.07, 6.45) is 0. The lowest BCUT2D eigenvalue weighted by Gasteiger charge is -2.10. The number of carbonyl (C=O) groups is 1. The highest BCUT2D eigenvalue weighted by Crippen LogP contribution is 2.33. The summed E-state index contributed by atoms with van der Waals surface area (Å²) >= 11 is 0. The predicted octanol–water partition coefficient (Wildman–Crippen LogP) is 4.59. The predicted molar refractivity (Wildman–Crippen MR) is 116 cm³/mol. The number of aromatic amines is 1. The highest BCUT2D eigenvalue weighted by molar-refractivity contribution is 6.09. The Hall–Kier alpha value is -3.57. The standard InChI is InChI=1S/C24H23N3O2/c1-15-9-11-21(28)18(12-15)14-25-27-24(29)23-22(17-6-4-3-5-7-17)19-13-16(2)8-10-20(19)26-23/h3-13,25-26,28H,14H2,1-2H3,(H,27,29). The van der Waals surface area contributed by atoms with E-state index in [0.717, 1.165) is 38.7 Å². The van der Waals surface area contributed by atoms with Crippen LogP contribution in [0.15, 0.2) is 66.7 Å². The average Bonchev–Trinajstić information content (AvgIpc) is 3.10. The Bertz CT molecular complexity index is 1180. The molecule has 4 aromatic rings. The monoisotopic (exact) mass is 385 g/mol. The van der Waals surface area contributed by atoms with E-state index >= 15 is 0 Å². The van der Waals surface area contributed by atoms with Gasteiger partial charge in [0.25, 0.3) is 5.91 Å². The Labute approximate surface area is 169 Å². The van der Waals surface area contributed by atoms with Crippen molar-refractivity contribution in [3.63, 3.8) is 0 Å². The maximum Gasteiger partial charge on any atom is 0.282 e. The average molecular weight is 385 g/mol. The molecule has 1 aromatic heterocycles. The fourth-order valence-electron chi connectivity index (χ4n) is 3.52. The maximum atomic E-state index is 13.0. The van der Waals surface area contributed by atoms with Crippen LogP contribution in [0.2, 0.25) is 0 Å². The van der Waals surface area contributed by atoms with E-state index in [1.54, 1.807) is 6.07 Å². The highest BCUT2D eigenvalue weighted by atomic mass is 16.3. The third-order valence-electron chi connectivity index (χ3n) is 4.96. The van der Waals surface area contributed by atoms with Crippen molar-refractivity contribution in [2.45, 2.75) is 20.4 Å². The Morgan fingerprint density at radius 3 is 2.48 bits per heavy atom. The number of carbonyl (C=O) groups excluding carboxylic acids is 1. The van der Waals surface area contributed by atoms with E-state index in [1.165, 1.54) is 0 Å². The number of rotatable bonds is 5. The Morgan fingerprint density at radius 1 is 0.966 bits per heavy atom. The molecule has 0 aliphatic heterocycles. The number of hydrogen-bond donors (Lipinski definition) is 4. The largest absolute Gasteiger partial charge is 0.508 e. The molecule has 0 bridgehead atoms. The first kappa shape index (κ1) is 18.8. The number of fused-ring (bicyclic) bond motifs is 1. The number of aromatic hydroxyl groups is 1. The Balaban J connectivity index is 1.63. The fraction of sp³-hybridized carbons (Fsp3) is 0.125. The van der Waals surface area contributed by atoms with Crippen molar-refractivity contribution in [2.75, 3.05) is 0 Å². The van der Waals surface area contributed by atoms with Crippen molar-refractivity contribution < 1.29 is 9.90 Å². The topological polar surface area (TPSA) is 77.2 Å². The van der Waals surface area contributed by atoms with Crippen LogP contribution >= 0.6 is 0 Å². The van der Waals surface area contributed by atoms with Crippen molar-refractivity contribution in [2.24, 2.45) is 0 Å². The number of hydrogen-bond acceptors (Lipinski definition) is 3. The van der Waals surface area contributed by atoms with Gasteiger partial charge in [-0.25, -0.2) is 5.43 Å². The molecule has 0 aliphatic rings. The van der Waals surface area contributed by atoms with E-state index in [-0.39, 0.29) is 11.7 Å². The molecule has 0 spiro atoms. The third-order valence-corrected chi connectivity index (χ3v) is 4.96. The van der Waals surface area contributed by atoms with Gasteiger partial charge in [0.15, 0.2) is 0 Å². The van der Waals surface area contributed by atoms with Gasteiger partial charge in [0.1, 0.15) is 11.4 Å². The lowest BCUT2D eigenvalue weighted by atomic mass is 10.0. The summed E-state index contributed by atoms with van der Waals surface area (Å²) < 4.78 is 0. The number of phenols is 1. The number of nitrogens with one attached hydrogen (secondary N) is 3. The molecule has 4 N–H and O–H groups in total. The molecule has 0 atom stereocenters. The second kappa shape index (κ2) is 7.81. The molecule has 3 aromatic carbocycles. The van der Waals surface area contributed by atoms with Crippen LogP contribution in [-0.2, 0) is 6.54 Å². The van der Waals surface area contributed by atoms with Crippen LogP contribution in [0, 0.1) is 13.8 Å². The second-order valence-electron chi connectivity index (χ2n) is 7.23. The summed E-state index contributed by atoms with van der Waals surface area (Å²) in [5.74, 6) is -0.0618. The van der Waals surface area contributed by atoms with Crippen LogP contribution in [0.5, 0.6) is 5.75 Å².